The first-order chi connectivity index (χ1) is 5.25. The minimum Gasteiger partial charge on any atom is -0.387 e. The van der Waals surface area contributed by atoms with E-state index in [9.17, 15) is 5.11 Å². The van der Waals surface area contributed by atoms with E-state index in [2.05, 4.69) is 15.5 Å². The zero-order valence-corrected chi connectivity index (χ0v) is 6.89. The average molecular weight is 176 g/mol. The van der Waals surface area contributed by atoms with E-state index in [1.54, 1.807) is 7.05 Å². The maximum Gasteiger partial charge on any atom is 0.130 e. The molecule has 0 saturated heterocycles. The first-order valence-corrected chi connectivity index (χ1v) is 3.65. The van der Waals surface area contributed by atoms with Gasteiger partial charge in [-0.25, -0.2) is 0 Å². The summed E-state index contributed by atoms with van der Waals surface area (Å²) < 4.78 is 0. The van der Waals surface area contributed by atoms with Crippen LogP contribution in [0.4, 0.5) is 0 Å². The predicted octanol–water partition coefficient (Wildman–Crippen LogP) is 0.316. The lowest BCUT2D eigenvalue weighted by Gasteiger charge is -2.06. The number of halogens is 1. The van der Waals surface area contributed by atoms with Crippen LogP contribution in [-0.4, -0.2) is 28.9 Å². The number of aromatic nitrogens is 2. The van der Waals surface area contributed by atoms with Crippen LogP contribution in [0.25, 0.3) is 0 Å². The molecule has 0 spiro atoms. The molecule has 1 unspecified atom stereocenters. The van der Waals surface area contributed by atoms with Gasteiger partial charge in [0.1, 0.15) is 5.15 Å². The molecule has 1 aromatic heterocycles. The molecule has 62 valence electrons. The van der Waals surface area contributed by atoms with Gasteiger partial charge in [-0.1, -0.05) is 11.6 Å². The van der Waals surface area contributed by atoms with Gasteiger partial charge in [0.25, 0.3) is 0 Å². The van der Waals surface area contributed by atoms with Crippen LogP contribution in [0.5, 0.6) is 0 Å². The lowest BCUT2D eigenvalue weighted by Crippen LogP contribution is -2.16. The molecule has 3 N–H and O–H groups in total. The van der Waals surface area contributed by atoms with Crippen molar-refractivity contribution < 1.29 is 5.11 Å². The van der Waals surface area contributed by atoms with Crippen LogP contribution in [0, 0.1) is 0 Å². The Kier molecular flexibility index (Phi) is 2.87. The molecule has 1 rings (SSSR count). The number of aromatic amines is 1. The molecule has 0 radical (unpaired) electrons. The maximum atomic E-state index is 9.38. The summed E-state index contributed by atoms with van der Waals surface area (Å²) in [5.74, 6) is 0. The van der Waals surface area contributed by atoms with E-state index in [0.29, 0.717) is 17.3 Å². The number of H-pyrrole nitrogens is 1. The molecule has 0 aliphatic carbocycles. The Bertz CT molecular complexity index is 225. The Morgan fingerprint density at radius 1 is 1.91 bits per heavy atom. The number of aliphatic hydroxyl groups is 1. The molecular weight excluding hydrogens is 166 g/mol. The highest BCUT2D eigenvalue weighted by molar-refractivity contribution is 6.30. The minimum absolute atomic E-state index is 0.396. The molecule has 4 nitrogen and oxygen atoms in total. The maximum absolute atomic E-state index is 9.38. The van der Waals surface area contributed by atoms with Gasteiger partial charge >= 0.3 is 0 Å². The van der Waals surface area contributed by atoms with Crippen molar-refractivity contribution in [2.45, 2.75) is 6.10 Å². The van der Waals surface area contributed by atoms with Gasteiger partial charge in [0.15, 0.2) is 0 Å². The average Bonchev–Trinajstić information content (AvgIpc) is 2.36. The molecule has 1 aromatic rings. The standard InChI is InChI=1S/C6H10ClN3O/c1-8-3-5(11)4-2-9-10-6(4)7/h2,5,8,11H,3H2,1H3,(H,9,10). The highest BCUT2D eigenvalue weighted by atomic mass is 35.5. The molecule has 0 aromatic carbocycles. The molecule has 0 amide bonds. The zero-order valence-electron chi connectivity index (χ0n) is 6.13. The third kappa shape index (κ3) is 1.92. The van der Waals surface area contributed by atoms with E-state index in [-0.39, 0.29) is 0 Å². The third-order valence-electron chi connectivity index (χ3n) is 1.38. The Morgan fingerprint density at radius 3 is 3.09 bits per heavy atom. The molecular formula is C6H10ClN3O. The molecule has 11 heavy (non-hydrogen) atoms. The second-order valence-corrected chi connectivity index (χ2v) is 2.59. The Hall–Kier alpha value is -0.580. The summed E-state index contributed by atoms with van der Waals surface area (Å²) in [6.45, 7) is 0.471. The lowest BCUT2D eigenvalue weighted by atomic mass is 10.2. The second kappa shape index (κ2) is 3.71. The van der Waals surface area contributed by atoms with Crippen molar-refractivity contribution in [3.63, 3.8) is 0 Å². The van der Waals surface area contributed by atoms with Crippen LogP contribution in [0.15, 0.2) is 6.20 Å². The Balaban J connectivity index is 2.67. The summed E-state index contributed by atoms with van der Waals surface area (Å²) in [5.41, 5.74) is 0.626. The van der Waals surface area contributed by atoms with Crippen LogP contribution in [-0.2, 0) is 0 Å². The molecule has 5 heteroatoms. The summed E-state index contributed by atoms with van der Waals surface area (Å²) in [6.07, 6.45) is 0.927. The first-order valence-electron chi connectivity index (χ1n) is 3.27. The summed E-state index contributed by atoms with van der Waals surface area (Å²) in [6, 6.07) is 0. The van der Waals surface area contributed by atoms with Crippen LogP contribution in [0.1, 0.15) is 11.7 Å². The molecule has 1 atom stereocenters. The van der Waals surface area contributed by atoms with E-state index in [0.717, 1.165) is 0 Å². The number of nitrogens with one attached hydrogen (secondary N) is 2. The van der Waals surface area contributed by atoms with Crippen molar-refractivity contribution in [3.8, 4) is 0 Å². The van der Waals surface area contributed by atoms with Gasteiger partial charge in [-0.3, -0.25) is 5.10 Å². The number of aliphatic hydroxyl groups excluding tert-OH is 1. The van der Waals surface area contributed by atoms with E-state index >= 15 is 0 Å². The quantitative estimate of drug-likeness (QED) is 0.620. The number of hydrogen-bond acceptors (Lipinski definition) is 3. The Labute approximate surface area is 69.6 Å². The lowest BCUT2D eigenvalue weighted by molar-refractivity contribution is 0.178. The summed E-state index contributed by atoms with van der Waals surface area (Å²) >= 11 is 5.66. The SMILES string of the molecule is CNCC(O)c1cn[nH]c1Cl. The fraction of sp³-hybridized carbons (Fsp3) is 0.500. The van der Waals surface area contributed by atoms with Crippen LogP contribution < -0.4 is 5.32 Å². The highest BCUT2D eigenvalue weighted by Crippen LogP contribution is 2.18. The topological polar surface area (TPSA) is 60.9 Å². The van der Waals surface area contributed by atoms with E-state index in [1.165, 1.54) is 6.20 Å². The van der Waals surface area contributed by atoms with Gasteiger partial charge in [0.2, 0.25) is 0 Å². The van der Waals surface area contributed by atoms with Crippen molar-refractivity contribution >= 4 is 11.6 Å². The summed E-state index contributed by atoms with van der Waals surface area (Å²) in [5, 5.41) is 18.8. The van der Waals surface area contributed by atoms with Crippen LogP contribution in [0.3, 0.4) is 0 Å². The monoisotopic (exact) mass is 175 g/mol. The molecule has 0 aliphatic rings. The smallest absolute Gasteiger partial charge is 0.130 e. The van der Waals surface area contributed by atoms with Gasteiger partial charge < -0.3 is 10.4 Å². The molecule has 0 fully saturated rings. The minimum atomic E-state index is -0.591. The summed E-state index contributed by atoms with van der Waals surface area (Å²) in [4.78, 5) is 0. The molecule has 0 aliphatic heterocycles. The highest BCUT2D eigenvalue weighted by Gasteiger charge is 2.11. The van der Waals surface area contributed by atoms with Crippen molar-refractivity contribution in [1.29, 1.82) is 0 Å². The van der Waals surface area contributed by atoms with Gasteiger partial charge in [-0.05, 0) is 7.05 Å². The normalized spacial score (nSPS) is 13.4. The number of likely N-dealkylation sites (N-methyl/N-ethyl adjacent to an activating group) is 1. The molecule has 1 heterocycles. The molecule has 0 saturated carbocycles. The first kappa shape index (κ1) is 8.52. The number of hydrogen-bond donors (Lipinski definition) is 3. The van der Waals surface area contributed by atoms with Gasteiger partial charge in [0, 0.05) is 12.1 Å². The van der Waals surface area contributed by atoms with Crippen LogP contribution in [0.2, 0.25) is 5.15 Å². The largest absolute Gasteiger partial charge is 0.387 e. The van der Waals surface area contributed by atoms with Gasteiger partial charge in [-0.2, -0.15) is 5.10 Å². The van der Waals surface area contributed by atoms with Gasteiger partial charge in [0.05, 0.1) is 12.3 Å². The summed E-state index contributed by atoms with van der Waals surface area (Å²) in [7, 11) is 1.76. The van der Waals surface area contributed by atoms with Crippen molar-refractivity contribution in [2.24, 2.45) is 0 Å². The van der Waals surface area contributed by atoms with Gasteiger partial charge in [-0.15, -0.1) is 0 Å². The number of nitrogens with zero attached hydrogens (tertiary/aromatic N) is 1. The van der Waals surface area contributed by atoms with E-state index in [4.69, 9.17) is 11.6 Å². The third-order valence-corrected chi connectivity index (χ3v) is 1.68. The molecule has 0 bridgehead atoms. The second-order valence-electron chi connectivity index (χ2n) is 2.21. The van der Waals surface area contributed by atoms with Crippen molar-refractivity contribution in [3.05, 3.63) is 16.9 Å². The fourth-order valence-electron chi connectivity index (χ4n) is 0.815. The number of rotatable bonds is 3. The van der Waals surface area contributed by atoms with Crippen molar-refractivity contribution in [2.75, 3.05) is 13.6 Å². The van der Waals surface area contributed by atoms with Crippen molar-refractivity contribution in [1.82, 2.24) is 15.5 Å². The Morgan fingerprint density at radius 2 is 2.64 bits per heavy atom. The van der Waals surface area contributed by atoms with E-state index < -0.39 is 6.10 Å². The predicted molar refractivity (Wildman–Crippen MR) is 42.5 cm³/mol. The zero-order chi connectivity index (χ0) is 8.27. The fourth-order valence-corrected chi connectivity index (χ4v) is 1.04. The van der Waals surface area contributed by atoms with E-state index in [1.807, 2.05) is 0 Å². The van der Waals surface area contributed by atoms with Crippen LogP contribution >= 0.6 is 11.6 Å².